The molecular formula is C24H33BO2. The van der Waals surface area contributed by atoms with Crippen LogP contribution < -0.4 is 0 Å². The van der Waals surface area contributed by atoms with Crippen molar-refractivity contribution in [1.29, 1.82) is 0 Å². The predicted octanol–water partition coefficient (Wildman–Crippen LogP) is 6.25. The van der Waals surface area contributed by atoms with Crippen LogP contribution in [0.4, 0.5) is 0 Å². The number of aryl methyl sites for hydroxylation is 1. The number of rotatable bonds is 5. The van der Waals surface area contributed by atoms with Gasteiger partial charge >= 0.3 is 7.12 Å². The molecule has 3 rings (SSSR count). The van der Waals surface area contributed by atoms with Crippen LogP contribution in [0, 0.1) is 12.8 Å². The van der Waals surface area contributed by atoms with Crippen molar-refractivity contribution in [3.05, 3.63) is 71.3 Å². The molecule has 3 heteroatoms. The van der Waals surface area contributed by atoms with Gasteiger partial charge in [0.05, 0.1) is 11.2 Å². The Morgan fingerprint density at radius 1 is 0.741 bits per heavy atom. The lowest BCUT2D eigenvalue weighted by atomic mass is 9.56. The van der Waals surface area contributed by atoms with E-state index < -0.39 is 0 Å². The quantitative estimate of drug-likeness (QED) is 0.584. The second-order valence-electron chi connectivity index (χ2n) is 9.25. The molecule has 0 aliphatic carbocycles. The van der Waals surface area contributed by atoms with E-state index in [1.807, 2.05) is 0 Å². The summed E-state index contributed by atoms with van der Waals surface area (Å²) in [7, 11) is -0.235. The van der Waals surface area contributed by atoms with Gasteiger partial charge in [-0.25, -0.2) is 0 Å². The van der Waals surface area contributed by atoms with Crippen LogP contribution in [0.2, 0.25) is 5.82 Å². The molecule has 2 aromatic carbocycles. The maximum absolute atomic E-state index is 6.51. The Morgan fingerprint density at radius 2 is 1.22 bits per heavy atom. The first-order valence-corrected chi connectivity index (χ1v) is 10.1. The summed E-state index contributed by atoms with van der Waals surface area (Å²) in [5.74, 6) is 0.851. The van der Waals surface area contributed by atoms with Crippen molar-refractivity contribution in [2.45, 2.75) is 71.4 Å². The topological polar surface area (TPSA) is 18.5 Å². The van der Waals surface area contributed by atoms with E-state index in [-0.39, 0.29) is 30.1 Å². The molecule has 0 unspecified atom stereocenters. The third-order valence-corrected chi connectivity index (χ3v) is 6.34. The Labute approximate surface area is 165 Å². The molecule has 2 atom stereocenters. The molecule has 0 N–H and O–H groups in total. The lowest BCUT2D eigenvalue weighted by molar-refractivity contribution is 0.00578. The molecule has 27 heavy (non-hydrogen) atoms. The van der Waals surface area contributed by atoms with Gasteiger partial charge in [-0.15, -0.1) is 0 Å². The van der Waals surface area contributed by atoms with Crippen molar-refractivity contribution in [1.82, 2.24) is 0 Å². The van der Waals surface area contributed by atoms with Crippen LogP contribution in [-0.4, -0.2) is 18.3 Å². The van der Waals surface area contributed by atoms with Gasteiger partial charge in [-0.05, 0) is 51.7 Å². The summed E-state index contributed by atoms with van der Waals surface area (Å²) in [6, 6.07) is 19.7. The first-order chi connectivity index (χ1) is 12.6. The lowest BCUT2D eigenvalue weighted by Crippen LogP contribution is -2.41. The summed E-state index contributed by atoms with van der Waals surface area (Å²) in [4.78, 5) is 0. The van der Waals surface area contributed by atoms with Crippen LogP contribution in [0.1, 0.15) is 64.2 Å². The highest BCUT2D eigenvalue weighted by Gasteiger charge is 2.55. The van der Waals surface area contributed by atoms with Crippen LogP contribution in [-0.2, 0) is 9.31 Å². The largest absolute Gasteiger partial charge is 0.462 e. The highest BCUT2D eigenvalue weighted by molar-refractivity contribution is 6.48. The van der Waals surface area contributed by atoms with Crippen LogP contribution in [0.25, 0.3) is 0 Å². The van der Waals surface area contributed by atoms with Gasteiger partial charge in [-0.1, -0.05) is 74.0 Å². The first kappa shape index (κ1) is 20.2. The zero-order valence-electron chi connectivity index (χ0n) is 17.8. The lowest BCUT2D eigenvalue weighted by Gasteiger charge is -2.33. The molecule has 0 spiro atoms. The molecule has 1 aliphatic heterocycles. The Bertz CT molecular complexity index is 734. The van der Waals surface area contributed by atoms with Crippen molar-refractivity contribution in [2.24, 2.45) is 5.92 Å². The van der Waals surface area contributed by atoms with E-state index in [0.717, 1.165) is 0 Å². The second kappa shape index (κ2) is 7.45. The van der Waals surface area contributed by atoms with E-state index >= 15 is 0 Å². The van der Waals surface area contributed by atoms with Gasteiger partial charge < -0.3 is 9.31 Å². The van der Waals surface area contributed by atoms with Crippen molar-refractivity contribution in [3.8, 4) is 0 Å². The maximum Gasteiger partial charge on any atom is 0.462 e. The van der Waals surface area contributed by atoms with E-state index in [1.54, 1.807) is 0 Å². The van der Waals surface area contributed by atoms with Crippen LogP contribution in [0.3, 0.4) is 0 Å². The maximum atomic E-state index is 6.51. The Morgan fingerprint density at radius 3 is 1.70 bits per heavy atom. The highest BCUT2D eigenvalue weighted by atomic mass is 16.7. The second-order valence-corrected chi connectivity index (χ2v) is 9.25. The summed E-state index contributed by atoms with van der Waals surface area (Å²) in [5.41, 5.74) is 3.27. The molecule has 0 aromatic heterocycles. The fourth-order valence-electron chi connectivity index (χ4n) is 3.97. The fourth-order valence-corrected chi connectivity index (χ4v) is 3.97. The molecule has 144 valence electrons. The third kappa shape index (κ3) is 4.00. The third-order valence-electron chi connectivity index (χ3n) is 6.34. The Balaban J connectivity index is 2.07. The first-order valence-electron chi connectivity index (χ1n) is 10.1. The minimum Gasteiger partial charge on any atom is -0.403 e. The number of hydrogen-bond donors (Lipinski definition) is 0. The van der Waals surface area contributed by atoms with Crippen LogP contribution in [0.5, 0.6) is 0 Å². The van der Waals surface area contributed by atoms with Crippen LogP contribution in [0.15, 0.2) is 54.6 Å². The van der Waals surface area contributed by atoms with Gasteiger partial charge in [-0.2, -0.15) is 0 Å². The smallest absolute Gasteiger partial charge is 0.403 e. The van der Waals surface area contributed by atoms with Crippen molar-refractivity contribution in [2.75, 3.05) is 0 Å². The van der Waals surface area contributed by atoms with Gasteiger partial charge in [0.15, 0.2) is 0 Å². The summed E-state index contributed by atoms with van der Waals surface area (Å²) < 4.78 is 13.0. The van der Waals surface area contributed by atoms with Gasteiger partial charge in [0.2, 0.25) is 0 Å². The molecule has 1 aliphatic rings. The molecule has 1 heterocycles. The molecule has 1 fully saturated rings. The van der Waals surface area contributed by atoms with E-state index in [1.165, 1.54) is 16.7 Å². The van der Waals surface area contributed by atoms with Gasteiger partial charge in [0.25, 0.3) is 0 Å². The molecular weight excluding hydrogens is 331 g/mol. The zero-order chi connectivity index (χ0) is 19.8. The predicted molar refractivity (Wildman–Crippen MR) is 114 cm³/mol. The average molecular weight is 364 g/mol. The molecule has 0 bridgehead atoms. The summed E-state index contributed by atoms with van der Waals surface area (Å²) >= 11 is 0. The molecule has 1 saturated heterocycles. The van der Waals surface area contributed by atoms with E-state index in [4.69, 9.17) is 9.31 Å². The number of hydrogen-bond acceptors (Lipinski definition) is 2. The fraction of sp³-hybridized carbons (Fsp3) is 0.500. The SMILES string of the molecule is Cc1ccc([C@H](c2ccccc2)[C@@H](B2OC(C)(C)C(C)(C)O2)C(C)C)cc1. The van der Waals surface area contributed by atoms with Crippen LogP contribution >= 0.6 is 0 Å². The minimum atomic E-state index is -0.320. The van der Waals surface area contributed by atoms with E-state index in [2.05, 4.69) is 103 Å². The Hall–Kier alpha value is -1.58. The van der Waals surface area contributed by atoms with Crippen molar-refractivity contribution in [3.63, 3.8) is 0 Å². The molecule has 2 nitrogen and oxygen atoms in total. The molecule has 2 aromatic rings. The summed E-state index contributed by atoms with van der Waals surface area (Å²) in [6.07, 6.45) is 0. The zero-order valence-corrected chi connectivity index (χ0v) is 17.8. The van der Waals surface area contributed by atoms with Gasteiger partial charge in [0, 0.05) is 11.7 Å². The summed E-state index contributed by atoms with van der Waals surface area (Å²) in [5, 5.41) is 0. The van der Waals surface area contributed by atoms with Crippen molar-refractivity contribution < 1.29 is 9.31 Å². The Kier molecular flexibility index (Phi) is 5.56. The summed E-state index contributed by atoms with van der Waals surface area (Å²) in [6.45, 7) is 15.2. The molecule has 0 radical (unpaired) electrons. The monoisotopic (exact) mass is 364 g/mol. The average Bonchev–Trinajstić information content (AvgIpc) is 2.81. The van der Waals surface area contributed by atoms with Crippen molar-refractivity contribution >= 4 is 7.12 Å². The van der Waals surface area contributed by atoms with E-state index in [0.29, 0.717) is 5.92 Å². The highest BCUT2D eigenvalue weighted by Crippen LogP contribution is 2.49. The molecule has 0 amide bonds. The van der Waals surface area contributed by atoms with E-state index in [9.17, 15) is 0 Å². The number of benzene rings is 2. The minimum absolute atomic E-state index is 0.219. The normalized spacial score (nSPS) is 20.7. The molecule has 0 saturated carbocycles. The van der Waals surface area contributed by atoms with Gasteiger partial charge in [-0.3, -0.25) is 0 Å². The van der Waals surface area contributed by atoms with Gasteiger partial charge in [0.1, 0.15) is 0 Å². The standard InChI is InChI=1S/C24H33BO2/c1-17(2)22(25-26-23(4,5)24(6,7)27-25)21(19-11-9-8-10-12-19)20-15-13-18(3)14-16-20/h8-17,21-22H,1-7H3/t21-,22-/m0/s1.